The Morgan fingerprint density at radius 3 is 3.07 bits per heavy atom. The Hall–Kier alpha value is -2.58. The van der Waals surface area contributed by atoms with Crippen LogP contribution in [0, 0.1) is 6.92 Å². The van der Waals surface area contributed by atoms with Gasteiger partial charge in [-0.25, -0.2) is 4.99 Å². The van der Waals surface area contributed by atoms with Crippen molar-refractivity contribution in [1.29, 1.82) is 0 Å². The molecule has 1 aromatic rings. The minimum Gasteiger partial charge on any atom is -0.469 e. The van der Waals surface area contributed by atoms with Crippen LogP contribution in [-0.4, -0.2) is 47.1 Å². The maximum Gasteiger partial charge on any atom is 0.238 e. The first-order valence-corrected chi connectivity index (χ1v) is 9.93. The predicted octanol–water partition coefficient (Wildman–Crippen LogP) is 2.80. The maximum absolute atomic E-state index is 12.7. The number of ether oxygens (including phenoxy) is 2. The molecule has 0 radical (unpaired) electrons. The highest BCUT2D eigenvalue weighted by Crippen LogP contribution is 2.31. The van der Waals surface area contributed by atoms with E-state index >= 15 is 0 Å². The molecule has 2 heterocycles. The molecule has 2 atom stereocenters. The summed E-state index contributed by atoms with van der Waals surface area (Å²) in [5, 5.41) is 2.87. The number of anilines is 1. The summed E-state index contributed by atoms with van der Waals surface area (Å²) in [6, 6.07) is 7.58. The van der Waals surface area contributed by atoms with E-state index in [-0.39, 0.29) is 31.1 Å². The number of benzene rings is 1. The van der Waals surface area contributed by atoms with Crippen LogP contribution < -0.4 is 5.32 Å². The Morgan fingerprint density at radius 2 is 2.25 bits per heavy atom. The van der Waals surface area contributed by atoms with Crippen LogP contribution in [0.4, 0.5) is 5.69 Å². The zero-order valence-corrected chi connectivity index (χ0v) is 16.5. The zero-order chi connectivity index (χ0) is 19.7. The number of nitrogens with zero attached hydrogens (tertiary/aromatic N) is 2. The van der Waals surface area contributed by atoms with E-state index in [1.54, 1.807) is 7.05 Å². The van der Waals surface area contributed by atoms with Crippen molar-refractivity contribution < 1.29 is 19.1 Å². The summed E-state index contributed by atoms with van der Waals surface area (Å²) in [5.74, 6) is 0.419. The highest BCUT2D eigenvalue weighted by atomic mass is 32.2. The SMILES string of the molecule is Cc1cccc(NC(=O)C2CC(=O)N(C)C(=NC3=CCC4OCOC4=C3)S2)c1. The van der Waals surface area contributed by atoms with E-state index in [9.17, 15) is 9.59 Å². The molecule has 28 heavy (non-hydrogen) atoms. The number of amides is 2. The van der Waals surface area contributed by atoms with Crippen molar-refractivity contribution in [2.45, 2.75) is 31.1 Å². The summed E-state index contributed by atoms with van der Waals surface area (Å²) in [6.07, 6.45) is 4.54. The Balaban J connectivity index is 1.50. The summed E-state index contributed by atoms with van der Waals surface area (Å²) in [5.41, 5.74) is 2.49. The van der Waals surface area contributed by atoms with Gasteiger partial charge in [-0.1, -0.05) is 30.0 Å². The van der Waals surface area contributed by atoms with Crippen LogP contribution in [0.2, 0.25) is 0 Å². The Morgan fingerprint density at radius 1 is 1.39 bits per heavy atom. The van der Waals surface area contributed by atoms with Crippen molar-refractivity contribution in [1.82, 2.24) is 4.90 Å². The second-order valence-corrected chi connectivity index (χ2v) is 8.02. The highest BCUT2D eigenvalue weighted by molar-refractivity contribution is 8.15. The third kappa shape index (κ3) is 3.98. The van der Waals surface area contributed by atoms with Crippen LogP contribution in [0.3, 0.4) is 0 Å². The molecule has 1 aromatic carbocycles. The fourth-order valence-corrected chi connectivity index (χ4v) is 4.21. The van der Waals surface area contributed by atoms with Gasteiger partial charge in [0.2, 0.25) is 11.8 Å². The lowest BCUT2D eigenvalue weighted by Gasteiger charge is -2.29. The largest absolute Gasteiger partial charge is 0.469 e. The average Bonchev–Trinajstić information content (AvgIpc) is 3.13. The number of aliphatic imine (C=N–C) groups is 1. The van der Waals surface area contributed by atoms with Gasteiger partial charge in [0.05, 0.1) is 5.70 Å². The molecule has 0 bridgehead atoms. The highest BCUT2D eigenvalue weighted by Gasteiger charge is 2.34. The van der Waals surface area contributed by atoms with Gasteiger partial charge in [-0.3, -0.25) is 14.5 Å². The predicted molar refractivity (Wildman–Crippen MR) is 108 cm³/mol. The minimum atomic E-state index is -0.529. The monoisotopic (exact) mass is 399 g/mol. The van der Waals surface area contributed by atoms with E-state index in [0.717, 1.165) is 17.0 Å². The van der Waals surface area contributed by atoms with E-state index in [1.165, 1.54) is 16.7 Å². The van der Waals surface area contributed by atoms with Crippen molar-refractivity contribution in [3.8, 4) is 0 Å². The average molecular weight is 399 g/mol. The zero-order valence-electron chi connectivity index (χ0n) is 15.7. The number of fused-ring (bicyclic) bond motifs is 1. The first kappa shape index (κ1) is 18.8. The molecule has 2 fully saturated rings. The normalized spacial score (nSPS) is 25.7. The number of aryl methyl sites for hydroxylation is 1. The molecule has 2 aliphatic heterocycles. The van der Waals surface area contributed by atoms with E-state index in [2.05, 4.69) is 10.3 Å². The fourth-order valence-electron chi connectivity index (χ4n) is 3.14. The van der Waals surface area contributed by atoms with Gasteiger partial charge in [0.1, 0.15) is 17.1 Å². The number of nitrogens with one attached hydrogen (secondary N) is 1. The van der Waals surface area contributed by atoms with Crippen molar-refractivity contribution in [2.24, 2.45) is 4.99 Å². The molecule has 7 nitrogen and oxygen atoms in total. The second-order valence-electron chi connectivity index (χ2n) is 6.85. The summed E-state index contributed by atoms with van der Waals surface area (Å²) < 4.78 is 10.9. The van der Waals surface area contributed by atoms with Crippen molar-refractivity contribution in [3.05, 3.63) is 53.4 Å². The molecule has 0 aromatic heterocycles. The van der Waals surface area contributed by atoms with Crippen LogP contribution in [0.5, 0.6) is 0 Å². The number of allylic oxidation sites excluding steroid dienone is 1. The lowest BCUT2D eigenvalue weighted by Crippen LogP contribution is -2.43. The van der Waals surface area contributed by atoms with Gasteiger partial charge >= 0.3 is 0 Å². The number of hydrogen-bond acceptors (Lipinski definition) is 6. The molecule has 4 rings (SSSR count). The molecule has 8 heteroatoms. The van der Waals surface area contributed by atoms with Gasteiger partial charge in [0.15, 0.2) is 12.0 Å². The third-order valence-corrected chi connectivity index (χ3v) is 5.96. The van der Waals surface area contributed by atoms with Gasteiger partial charge in [-0.2, -0.15) is 0 Å². The number of amidine groups is 1. The number of carbonyl (C=O) groups excluding carboxylic acids is 2. The first-order chi connectivity index (χ1) is 13.5. The van der Waals surface area contributed by atoms with Gasteiger partial charge in [-0.05, 0) is 24.6 Å². The molecule has 2 unspecified atom stereocenters. The van der Waals surface area contributed by atoms with Crippen LogP contribution in [0.15, 0.2) is 52.9 Å². The van der Waals surface area contributed by atoms with Gasteiger partial charge < -0.3 is 14.8 Å². The summed E-state index contributed by atoms with van der Waals surface area (Å²) in [7, 11) is 1.68. The number of hydrogen-bond donors (Lipinski definition) is 1. The lowest BCUT2D eigenvalue weighted by atomic mass is 10.1. The molecule has 3 aliphatic rings. The molecule has 1 aliphatic carbocycles. The number of carbonyl (C=O) groups is 2. The van der Waals surface area contributed by atoms with Gasteiger partial charge in [0, 0.05) is 31.7 Å². The summed E-state index contributed by atoms with van der Waals surface area (Å²) >= 11 is 1.29. The minimum absolute atomic E-state index is 0.0461. The number of rotatable bonds is 3. The standard InChI is InChI=1S/C20H21N3O4S/c1-12-4-3-5-13(8-12)21-19(25)17-10-18(24)23(2)20(28-17)22-14-6-7-15-16(9-14)27-11-26-15/h3-6,8-9,15,17H,7,10-11H2,1-2H3,(H,21,25). The van der Waals surface area contributed by atoms with E-state index in [0.29, 0.717) is 17.3 Å². The molecule has 2 saturated heterocycles. The molecule has 2 amide bonds. The molecule has 146 valence electrons. The van der Waals surface area contributed by atoms with Crippen LogP contribution >= 0.6 is 11.8 Å². The van der Waals surface area contributed by atoms with Crippen LogP contribution in [-0.2, 0) is 19.1 Å². The smallest absolute Gasteiger partial charge is 0.238 e. The van der Waals surface area contributed by atoms with E-state index < -0.39 is 5.25 Å². The van der Waals surface area contributed by atoms with Crippen molar-refractivity contribution in [3.63, 3.8) is 0 Å². The maximum atomic E-state index is 12.7. The molecule has 0 spiro atoms. The van der Waals surface area contributed by atoms with Gasteiger partial charge in [-0.15, -0.1) is 0 Å². The van der Waals surface area contributed by atoms with Crippen molar-refractivity contribution >= 4 is 34.4 Å². The second kappa shape index (κ2) is 7.81. The van der Waals surface area contributed by atoms with Crippen LogP contribution in [0.25, 0.3) is 0 Å². The third-order valence-electron chi connectivity index (χ3n) is 4.71. The molecular weight excluding hydrogens is 378 g/mol. The Labute approximate surface area is 167 Å². The van der Waals surface area contributed by atoms with Crippen molar-refractivity contribution in [2.75, 3.05) is 19.2 Å². The topological polar surface area (TPSA) is 80.2 Å². The Bertz CT molecular complexity index is 908. The van der Waals surface area contributed by atoms with Gasteiger partial charge in [0.25, 0.3) is 0 Å². The van der Waals surface area contributed by atoms with Crippen LogP contribution in [0.1, 0.15) is 18.4 Å². The van der Waals surface area contributed by atoms with E-state index in [1.807, 2.05) is 43.3 Å². The number of thioether (sulfide) groups is 1. The molecular formula is C20H21N3O4S. The summed E-state index contributed by atoms with van der Waals surface area (Å²) in [4.78, 5) is 31.2. The quantitative estimate of drug-likeness (QED) is 0.845. The lowest BCUT2D eigenvalue weighted by molar-refractivity contribution is -0.128. The summed E-state index contributed by atoms with van der Waals surface area (Å²) in [6.45, 7) is 2.22. The first-order valence-electron chi connectivity index (χ1n) is 9.05. The van der Waals surface area contributed by atoms with E-state index in [4.69, 9.17) is 9.47 Å². The molecule has 0 saturated carbocycles. The molecule has 1 N–H and O–H groups in total. The Kier molecular flexibility index (Phi) is 5.23. The fraction of sp³-hybridized carbons (Fsp3) is 0.350.